The molecule has 1 aliphatic rings. The molecule has 1 aromatic heterocycles. The van der Waals surface area contributed by atoms with E-state index < -0.39 is 0 Å². The zero-order chi connectivity index (χ0) is 22.3. The average Bonchev–Trinajstić information content (AvgIpc) is 3.44. The minimum Gasteiger partial charge on any atom is -0.489 e. The minimum atomic E-state index is -0.333. The lowest BCUT2D eigenvalue weighted by Gasteiger charge is -2.11. The SMILES string of the molecule is C/C(=N\NCN1C(=O)S/C(=C\c2ccc(OCc3ccccc3)cc2)C1=O)c1cccs1. The molecular weight excluding hydrogens is 442 g/mol. The second-order valence-electron chi connectivity index (χ2n) is 6.94. The van der Waals surface area contributed by atoms with E-state index in [0.717, 1.165) is 44.1 Å². The number of nitrogens with zero attached hydrogens (tertiary/aromatic N) is 2. The van der Waals surface area contributed by atoms with E-state index in [-0.39, 0.29) is 17.8 Å². The molecule has 32 heavy (non-hydrogen) atoms. The Morgan fingerprint density at radius 1 is 1.06 bits per heavy atom. The summed E-state index contributed by atoms with van der Waals surface area (Å²) in [5, 5.41) is 5.90. The van der Waals surface area contributed by atoms with Gasteiger partial charge >= 0.3 is 0 Å². The number of rotatable bonds is 8. The summed E-state index contributed by atoms with van der Waals surface area (Å²) in [6, 6.07) is 21.3. The van der Waals surface area contributed by atoms with Crippen LogP contribution in [0.25, 0.3) is 6.08 Å². The van der Waals surface area contributed by atoms with E-state index in [1.165, 1.54) is 0 Å². The van der Waals surface area contributed by atoms with Crippen LogP contribution in [-0.2, 0) is 11.4 Å². The molecule has 0 radical (unpaired) electrons. The summed E-state index contributed by atoms with van der Waals surface area (Å²) in [4.78, 5) is 27.5. The van der Waals surface area contributed by atoms with E-state index in [0.29, 0.717) is 11.5 Å². The van der Waals surface area contributed by atoms with Gasteiger partial charge in [-0.05, 0) is 59.5 Å². The van der Waals surface area contributed by atoms with Crippen molar-refractivity contribution in [1.29, 1.82) is 0 Å². The molecule has 0 spiro atoms. The first-order valence-corrected chi connectivity index (χ1v) is 11.6. The smallest absolute Gasteiger partial charge is 0.295 e. The Kier molecular flexibility index (Phi) is 7.03. The van der Waals surface area contributed by atoms with Crippen molar-refractivity contribution < 1.29 is 14.3 Å². The van der Waals surface area contributed by atoms with Crippen LogP contribution in [-0.4, -0.2) is 28.4 Å². The van der Waals surface area contributed by atoms with Crippen LogP contribution in [0.5, 0.6) is 5.75 Å². The van der Waals surface area contributed by atoms with E-state index in [4.69, 9.17) is 4.74 Å². The summed E-state index contributed by atoms with van der Waals surface area (Å²) in [7, 11) is 0. The van der Waals surface area contributed by atoms with Crippen molar-refractivity contribution in [3.8, 4) is 5.75 Å². The molecule has 1 saturated heterocycles. The maximum absolute atomic E-state index is 12.7. The number of hydrogen-bond donors (Lipinski definition) is 1. The van der Waals surface area contributed by atoms with Crippen LogP contribution in [0.2, 0.25) is 0 Å². The molecule has 6 nitrogen and oxygen atoms in total. The lowest BCUT2D eigenvalue weighted by Crippen LogP contribution is -2.35. The molecule has 1 N–H and O–H groups in total. The van der Waals surface area contributed by atoms with Crippen LogP contribution in [0.15, 0.2) is 82.1 Å². The van der Waals surface area contributed by atoms with E-state index >= 15 is 0 Å². The number of nitrogens with one attached hydrogen (secondary N) is 1. The van der Waals surface area contributed by atoms with Gasteiger partial charge in [-0.2, -0.15) is 5.10 Å². The minimum absolute atomic E-state index is 0.0248. The number of carbonyl (C=O) groups is 2. The Bertz CT molecular complexity index is 1140. The van der Waals surface area contributed by atoms with Crippen molar-refractivity contribution in [2.45, 2.75) is 13.5 Å². The third-order valence-corrected chi connectivity index (χ3v) is 6.54. The van der Waals surface area contributed by atoms with Gasteiger partial charge in [0.15, 0.2) is 0 Å². The largest absolute Gasteiger partial charge is 0.489 e. The molecule has 162 valence electrons. The molecule has 0 aliphatic carbocycles. The molecule has 4 rings (SSSR count). The summed E-state index contributed by atoms with van der Waals surface area (Å²) in [5.41, 5.74) is 5.53. The van der Waals surface area contributed by atoms with Crippen LogP contribution in [0, 0.1) is 0 Å². The number of hydrazone groups is 1. The summed E-state index contributed by atoms with van der Waals surface area (Å²) in [6.07, 6.45) is 1.71. The number of hydrogen-bond acceptors (Lipinski definition) is 7. The van der Waals surface area contributed by atoms with Crippen LogP contribution in [0.1, 0.15) is 22.9 Å². The van der Waals surface area contributed by atoms with Crippen LogP contribution in [0.4, 0.5) is 4.79 Å². The normalized spacial score (nSPS) is 15.5. The van der Waals surface area contributed by atoms with Crippen molar-refractivity contribution in [3.63, 3.8) is 0 Å². The molecular formula is C24H21N3O3S2. The highest BCUT2D eigenvalue weighted by atomic mass is 32.2. The fourth-order valence-electron chi connectivity index (χ4n) is 2.95. The van der Waals surface area contributed by atoms with Crippen LogP contribution < -0.4 is 10.2 Å². The topological polar surface area (TPSA) is 71.0 Å². The van der Waals surface area contributed by atoms with Crippen molar-refractivity contribution in [2.75, 3.05) is 6.67 Å². The van der Waals surface area contributed by atoms with E-state index in [2.05, 4.69) is 10.5 Å². The molecule has 3 aromatic rings. The number of carbonyl (C=O) groups excluding carboxylic acids is 2. The van der Waals surface area contributed by atoms with Gasteiger partial charge < -0.3 is 4.74 Å². The summed E-state index contributed by atoms with van der Waals surface area (Å²) < 4.78 is 5.79. The van der Waals surface area contributed by atoms with Gasteiger partial charge in [0.25, 0.3) is 11.1 Å². The number of imide groups is 1. The summed E-state index contributed by atoms with van der Waals surface area (Å²) in [6.45, 7) is 2.39. The highest BCUT2D eigenvalue weighted by Crippen LogP contribution is 2.32. The first-order valence-electron chi connectivity index (χ1n) is 9.93. The second-order valence-corrected chi connectivity index (χ2v) is 8.88. The van der Waals surface area contributed by atoms with Gasteiger partial charge in [0.1, 0.15) is 19.0 Å². The Morgan fingerprint density at radius 3 is 2.56 bits per heavy atom. The van der Waals surface area contributed by atoms with Gasteiger partial charge in [0, 0.05) is 4.88 Å². The Labute approximate surface area is 194 Å². The quantitative estimate of drug-likeness (QED) is 0.278. The van der Waals surface area contributed by atoms with E-state index in [1.807, 2.05) is 79.0 Å². The molecule has 1 aliphatic heterocycles. The Morgan fingerprint density at radius 2 is 1.84 bits per heavy atom. The average molecular weight is 464 g/mol. The van der Waals surface area contributed by atoms with Gasteiger partial charge in [-0.1, -0.05) is 48.5 Å². The predicted molar refractivity (Wildman–Crippen MR) is 130 cm³/mol. The van der Waals surface area contributed by atoms with Gasteiger partial charge in [0.05, 0.1) is 10.6 Å². The first-order chi connectivity index (χ1) is 15.6. The zero-order valence-electron chi connectivity index (χ0n) is 17.4. The van der Waals surface area contributed by atoms with Gasteiger partial charge in [-0.3, -0.25) is 15.0 Å². The highest BCUT2D eigenvalue weighted by molar-refractivity contribution is 8.18. The maximum atomic E-state index is 12.7. The summed E-state index contributed by atoms with van der Waals surface area (Å²) >= 11 is 2.50. The van der Waals surface area contributed by atoms with Crippen LogP contribution in [0.3, 0.4) is 0 Å². The molecule has 0 atom stereocenters. The number of ether oxygens (including phenoxy) is 1. The Balaban J connectivity index is 1.34. The number of amides is 2. The fraction of sp³-hybridized carbons (Fsp3) is 0.125. The summed E-state index contributed by atoms with van der Waals surface area (Å²) in [5.74, 6) is 0.406. The number of thiophene rings is 1. The van der Waals surface area contributed by atoms with Crippen molar-refractivity contribution in [3.05, 3.63) is 93.0 Å². The maximum Gasteiger partial charge on any atom is 0.295 e. The molecule has 0 saturated carbocycles. The molecule has 2 heterocycles. The molecule has 2 amide bonds. The van der Waals surface area contributed by atoms with E-state index in [9.17, 15) is 9.59 Å². The van der Waals surface area contributed by atoms with Crippen molar-refractivity contribution in [2.24, 2.45) is 5.10 Å². The van der Waals surface area contributed by atoms with Gasteiger partial charge in [-0.25, -0.2) is 4.90 Å². The second kappa shape index (κ2) is 10.3. The predicted octanol–water partition coefficient (Wildman–Crippen LogP) is 5.33. The van der Waals surface area contributed by atoms with Crippen molar-refractivity contribution in [1.82, 2.24) is 10.3 Å². The fourth-order valence-corrected chi connectivity index (χ4v) is 4.47. The van der Waals surface area contributed by atoms with Crippen molar-refractivity contribution >= 4 is 46.0 Å². The highest BCUT2D eigenvalue weighted by Gasteiger charge is 2.34. The number of benzene rings is 2. The van der Waals surface area contributed by atoms with E-state index in [1.54, 1.807) is 17.4 Å². The molecule has 8 heteroatoms. The van der Waals surface area contributed by atoms with Crippen LogP contribution >= 0.6 is 23.1 Å². The first kappa shape index (κ1) is 21.9. The molecule has 2 aromatic carbocycles. The lowest BCUT2D eigenvalue weighted by molar-refractivity contribution is -0.122. The molecule has 1 fully saturated rings. The van der Waals surface area contributed by atoms with Gasteiger partial charge in [0.2, 0.25) is 0 Å². The monoisotopic (exact) mass is 463 g/mol. The third kappa shape index (κ3) is 5.46. The molecule has 0 unspecified atom stereocenters. The van der Waals surface area contributed by atoms with Gasteiger partial charge in [-0.15, -0.1) is 11.3 Å². The Hall–Kier alpha value is -3.36. The number of thioether (sulfide) groups is 1. The third-order valence-electron chi connectivity index (χ3n) is 4.65. The standard InChI is InChI=1S/C24H21N3O3S2/c1-17(21-8-5-13-31-21)26-25-16-27-23(28)22(32-24(27)29)14-18-9-11-20(12-10-18)30-15-19-6-3-2-4-7-19/h2-14,25H,15-16H2,1H3/b22-14-,26-17+. The molecule has 0 bridgehead atoms. The lowest BCUT2D eigenvalue weighted by atomic mass is 10.2. The zero-order valence-corrected chi connectivity index (χ0v) is 19.0.